The first-order valence-corrected chi connectivity index (χ1v) is 9.66. The quantitative estimate of drug-likeness (QED) is 0.828. The lowest BCUT2D eigenvalue weighted by atomic mass is 9.92. The third-order valence-corrected chi connectivity index (χ3v) is 4.87. The molecule has 0 atom stereocenters. The lowest BCUT2D eigenvalue weighted by molar-refractivity contribution is -0.117. The fraction of sp³-hybridized carbons (Fsp3) is 0.476. The summed E-state index contributed by atoms with van der Waals surface area (Å²) in [6, 6.07) is 11.1. The van der Waals surface area contributed by atoms with Gasteiger partial charge in [0, 0.05) is 36.2 Å². The molecular formula is C21H28N4O3. The zero-order valence-corrected chi connectivity index (χ0v) is 16.7. The minimum absolute atomic E-state index is 0.0447. The molecule has 0 saturated carbocycles. The van der Waals surface area contributed by atoms with E-state index in [4.69, 9.17) is 4.52 Å². The predicted molar refractivity (Wildman–Crippen MR) is 107 cm³/mol. The fourth-order valence-electron chi connectivity index (χ4n) is 3.16. The average molecular weight is 384 g/mol. The van der Waals surface area contributed by atoms with Gasteiger partial charge in [-0.15, -0.1) is 0 Å². The molecule has 1 saturated heterocycles. The molecular weight excluding hydrogens is 356 g/mol. The third-order valence-electron chi connectivity index (χ3n) is 4.87. The van der Waals surface area contributed by atoms with Crippen molar-refractivity contribution >= 4 is 17.7 Å². The van der Waals surface area contributed by atoms with Gasteiger partial charge in [0.25, 0.3) is 5.91 Å². The summed E-state index contributed by atoms with van der Waals surface area (Å²) >= 11 is 0. The molecule has 1 aromatic heterocycles. The fourth-order valence-corrected chi connectivity index (χ4v) is 3.16. The van der Waals surface area contributed by atoms with Gasteiger partial charge < -0.3 is 9.84 Å². The van der Waals surface area contributed by atoms with Gasteiger partial charge in [0.1, 0.15) is 0 Å². The maximum Gasteiger partial charge on any atom is 0.251 e. The van der Waals surface area contributed by atoms with Crippen LogP contribution in [0.1, 0.15) is 49.7 Å². The Hall–Kier alpha value is -2.67. The number of nitrogens with zero attached hydrogens (tertiary/aromatic N) is 2. The summed E-state index contributed by atoms with van der Waals surface area (Å²) in [5.74, 6) is 0.208. The molecule has 150 valence electrons. The second-order valence-corrected chi connectivity index (χ2v) is 8.26. The van der Waals surface area contributed by atoms with E-state index in [2.05, 4.69) is 20.7 Å². The number of carbonyl (C=O) groups is 2. The van der Waals surface area contributed by atoms with E-state index in [1.54, 1.807) is 6.07 Å². The van der Waals surface area contributed by atoms with Crippen molar-refractivity contribution < 1.29 is 14.1 Å². The van der Waals surface area contributed by atoms with Crippen LogP contribution in [0.3, 0.4) is 0 Å². The van der Waals surface area contributed by atoms with Crippen molar-refractivity contribution in [3.8, 4) is 0 Å². The van der Waals surface area contributed by atoms with Gasteiger partial charge in [-0.25, -0.2) is 0 Å². The molecule has 2 heterocycles. The number of piperidine rings is 1. The van der Waals surface area contributed by atoms with Crippen LogP contribution in [0.2, 0.25) is 0 Å². The number of hydrogen-bond acceptors (Lipinski definition) is 5. The zero-order valence-electron chi connectivity index (χ0n) is 16.7. The van der Waals surface area contributed by atoms with Gasteiger partial charge in [-0.3, -0.25) is 19.8 Å². The first-order valence-electron chi connectivity index (χ1n) is 9.66. The number of hydrogen-bond donors (Lipinski definition) is 2. The lowest BCUT2D eigenvalue weighted by Gasteiger charge is -2.31. The Labute approximate surface area is 165 Å². The van der Waals surface area contributed by atoms with Gasteiger partial charge >= 0.3 is 0 Å². The van der Waals surface area contributed by atoms with Gasteiger partial charge in [-0.2, -0.15) is 0 Å². The van der Waals surface area contributed by atoms with Crippen LogP contribution in [0.5, 0.6) is 0 Å². The summed E-state index contributed by atoms with van der Waals surface area (Å²) in [5.41, 5.74) is 1.35. The van der Waals surface area contributed by atoms with Gasteiger partial charge in [0.2, 0.25) is 11.8 Å². The summed E-state index contributed by atoms with van der Waals surface area (Å²) < 4.78 is 5.21. The van der Waals surface area contributed by atoms with Crippen LogP contribution >= 0.6 is 0 Å². The van der Waals surface area contributed by atoms with Crippen molar-refractivity contribution in [2.24, 2.45) is 0 Å². The number of aromatic nitrogens is 1. The number of amides is 2. The highest BCUT2D eigenvalue weighted by molar-refractivity contribution is 5.94. The SMILES string of the molecule is CC(C)(C)c1cc(NC(=O)CN2CCC(NC(=O)c3ccccc3)CC2)on1. The van der Waals surface area contributed by atoms with Crippen molar-refractivity contribution in [2.45, 2.75) is 45.1 Å². The molecule has 3 rings (SSSR count). The standard InChI is InChI=1S/C21H28N4O3/c1-21(2,3)17-13-19(28-24-17)23-18(26)14-25-11-9-16(10-12-25)22-20(27)15-7-5-4-6-8-15/h4-8,13,16H,9-12,14H2,1-3H3,(H,22,27)(H,23,26). The topological polar surface area (TPSA) is 87.5 Å². The Balaban J connectivity index is 1.42. The second-order valence-electron chi connectivity index (χ2n) is 8.26. The number of likely N-dealkylation sites (tertiary alicyclic amines) is 1. The number of carbonyl (C=O) groups excluding carboxylic acids is 2. The molecule has 7 nitrogen and oxygen atoms in total. The zero-order chi connectivity index (χ0) is 20.1. The Morgan fingerprint density at radius 1 is 1.18 bits per heavy atom. The largest absolute Gasteiger partial charge is 0.349 e. The summed E-state index contributed by atoms with van der Waals surface area (Å²) in [5, 5.41) is 9.85. The molecule has 0 unspecified atom stereocenters. The smallest absolute Gasteiger partial charge is 0.251 e. The van der Waals surface area contributed by atoms with Gasteiger partial charge in [0.15, 0.2) is 0 Å². The lowest BCUT2D eigenvalue weighted by Crippen LogP contribution is -2.46. The molecule has 2 N–H and O–H groups in total. The van der Waals surface area contributed by atoms with Crippen LogP contribution in [0.4, 0.5) is 5.88 Å². The highest BCUT2D eigenvalue weighted by atomic mass is 16.5. The molecule has 0 aliphatic carbocycles. The van der Waals surface area contributed by atoms with Crippen molar-refractivity contribution in [1.29, 1.82) is 0 Å². The predicted octanol–water partition coefficient (Wildman–Crippen LogP) is 2.81. The molecule has 1 aliphatic rings. The van der Waals surface area contributed by atoms with Crippen molar-refractivity contribution in [1.82, 2.24) is 15.4 Å². The maximum absolute atomic E-state index is 12.3. The first kappa shape index (κ1) is 20.1. The maximum atomic E-state index is 12.3. The van der Waals surface area contributed by atoms with Crippen molar-refractivity contribution in [3.63, 3.8) is 0 Å². The van der Waals surface area contributed by atoms with E-state index < -0.39 is 0 Å². The minimum Gasteiger partial charge on any atom is -0.349 e. The van der Waals surface area contributed by atoms with Gasteiger partial charge in [-0.05, 0) is 25.0 Å². The summed E-state index contributed by atoms with van der Waals surface area (Å²) in [6.45, 7) is 7.93. The van der Waals surface area contributed by atoms with E-state index in [9.17, 15) is 9.59 Å². The van der Waals surface area contributed by atoms with Crippen LogP contribution in [-0.4, -0.2) is 47.5 Å². The second kappa shape index (κ2) is 8.56. The first-order chi connectivity index (χ1) is 13.3. The van der Waals surface area contributed by atoms with E-state index in [1.165, 1.54) is 0 Å². The molecule has 1 aliphatic heterocycles. The Bertz CT molecular complexity index is 803. The molecule has 1 aromatic carbocycles. The van der Waals surface area contributed by atoms with E-state index in [-0.39, 0.29) is 23.3 Å². The number of anilines is 1. The molecule has 1 fully saturated rings. The molecule has 28 heavy (non-hydrogen) atoms. The summed E-state index contributed by atoms with van der Waals surface area (Å²) in [6.07, 6.45) is 1.64. The average Bonchev–Trinajstić information content (AvgIpc) is 3.13. The van der Waals surface area contributed by atoms with E-state index in [0.29, 0.717) is 18.0 Å². The summed E-state index contributed by atoms with van der Waals surface area (Å²) in [7, 11) is 0. The van der Waals surface area contributed by atoms with E-state index in [1.807, 2.05) is 51.1 Å². The molecule has 7 heteroatoms. The Morgan fingerprint density at radius 3 is 2.46 bits per heavy atom. The van der Waals surface area contributed by atoms with Crippen LogP contribution < -0.4 is 10.6 Å². The van der Waals surface area contributed by atoms with Crippen molar-refractivity contribution in [3.05, 3.63) is 47.7 Å². The van der Waals surface area contributed by atoms with Crippen LogP contribution in [-0.2, 0) is 10.2 Å². The minimum atomic E-state index is -0.126. The molecule has 2 amide bonds. The molecule has 0 spiro atoms. The molecule has 0 bridgehead atoms. The number of benzene rings is 1. The number of rotatable bonds is 5. The monoisotopic (exact) mass is 384 g/mol. The van der Waals surface area contributed by atoms with Crippen LogP contribution in [0, 0.1) is 0 Å². The highest BCUT2D eigenvalue weighted by Gasteiger charge is 2.24. The molecule has 0 radical (unpaired) electrons. The van der Waals surface area contributed by atoms with E-state index >= 15 is 0 Å². The Kier molecular flexibility index (Phi) is 6.14. The Morgan fingerprint density at radius 2 is 1.86 bits per heavy atom. The third kappa shape index (κ3) is 5.42. The summed E-state index contributed by atoms with van der Waals surface area (Å²) in [4.78, 5) is 26.6. The highest BCUT2D eigenvalue weighted by Crippen LogP contribution is 2.23. The van der Waals surface area contributed by atoms with Crippen molar-refractivity contribution in [2.75, 3.05) is 25.0 Å². The van der Waals surface area contributed by atoms with Gasteiger partial charge in [-0.1, -0.05) is 44.1 Å². The normalized spacial score (nSPS) is 16.0. The van der Waals surface area contributed by atoms with Crippen LogP contribution in [0.25, 0.3) is 0 Å². The number of nitrogens with one attached hydrogen (secondary N) is 2. The van der Waals surface area contributed by atoms with Gasteiger partial charge in [0.05, 0.1) is 12.2 Å². The molecule has 2 aromatic rings. The van der Waals surface area contributed by atoms with Crippen LogP contribution in [0.15, 0.2) is 40.9 Å². The van der Waals surface area contributed by atoms with E-state index in [0.717, 1.165) is 31.6 Å².